The van der Waals surface area contributed by atoms with Crippen molar-refractivity contribution in [2.45, 2.75) is 46.2 Å². The Balaban J connectivity index is 2.15. The largest absolute Gasteiger partial charge is 0.324 e. The molecule has 0 aliphatic rings. The van der Waals surface area contributed by atoms with E-state index in [1.165, 1.54) is 0 Å². The summed E-state index contributed by atoms with van der Waals surface area (Å²) in [5, 5.41) is 12.7. The molecule has 19 heavy (non-hydrogen) atoms. The van der Waals surface area contributed by atoms with Crippen molar-refractivity contribution in [3.8, 4) is 0 Å². The number of hydrogen-bond acceptors (Lipinski definition) is 4. The van der Waals surface area contributed by atoms with Crippen molar-refractivity contribution < 1.29 is 0 Å². The molecular weight excluding hydrogens is 238 g/mol. The molecule has 0 bridgehead atoms. The summed E-state index contributed by atoms with van der Waals surface area (Å²) in [7, 11) is 0. The molecule has 2 N–H and O–H groups in total. The second-order valence-corrected chi connectivity index (χ2v) is 5.22. The Kier molecular flexibility index (Phi) is 3.95. The quantitative estimate of drug-likeness (QED) is 0.913. The van der Waals surface area contributed by atoms with Crippen molar-refractivity contribution in [1.29, 1.82) is 0 Å². The van der Waals surface area contributed by atoms with Crippen LogP contribution in [0.1, 0.15) is 48.6 Å². The lowest BCUT2D eigenvalue weighted by Crippen LogP contribution is -2.16. The first-order chi connectivity index (χ1) is 8.97. The van der Waals surface area contributed by atoms with Gasteiger partial charge in [-0.2, -0.15) is 15.3 Å². The zero-order valence-corrected chi connectivity index (χ0v) is 12.0. The zero-order chi connectivity index (χ0) is 14.0. The molecular formula is C14H21N5. The van der Waals surface area contributed by atoms with Crippen LogP contribution < -0.4 is 5.73 Å². The highest BCUT2D eigenvalue weighted by Crippen LogP contribution is 2.18. The molecule has 0 radical (unpaired) electrons. The van der Waals surface area contributed by atoms with Crippen molar-refractivity contribution in [3.05, 3.63) is 41.0 Å². The zero-order valence-electron chi connectivity index (χ0n) is 12.0. The highest BCUT2D eigenvalue weighted by atomic mass is 15.3. The average molecular weight is 259 g/mol. The third kappa shape index (κ3) is 3.17. The summed E-state index contributed by atoms with van der Waals surface area (Å²) in [5.41, 5.74) is 10.1. The second kappa shape index (κ2) is 5.48. The van der Waals surface area contributed by atoms with Gasteiger partial charge in [0.2, 0.25) is 0 Å². The Morgan fingerprint density at radius 1 is 1.26 bits per heavy atom. The second-order valence-electron chi connectivity index (χ2n) is 5.22. The normalized spacial score (nSPS) is 12.9. The van der Waals surface area contributed by atoms with Gasteiger partial charge in [0.1, 0.15) is 0 Å². The van der Waals surface area contributed by atoms with Crippen LogP contribution in [0, 0.1) is 13.8 Å². The van der Waals surface area contributed by atoms with Gasteiger partial charge in [0.15, 0.2) is 0 Å². The fourth-order valence-electron chi connectivity index (χ4n) is 2.05. The highest BCUT2D eigenvalue weighted by molar-refractivity contribution is 5.24. The van der Waals surface area contributed by atoms with Gasteiger partial charge < -0.3 is 5.73 Å². The van der Waals surface area contributed by atoms with Gasteiger partial charge in [-0.1, -0.05) is 0 Å². The summed E-state index contributed by atoms with van der Waals surface area (Å²) in [6.45, 7) is 8.08. The summed E-state index contributed by atoms with van der Waals surface area (Å²) in [5.74, 6) is 0. The molecule has 2 aromatic rings. The Morgan fingerprint density at radius 3 is 2.63 bits per heavy atom. The predicted molar refractivity (Wildman–Crippen MR) is 74.8 cm³/mol. The minimum absolute atomic E-state index is 0.0929. The summed E-state index contributed by atoms with van der Waals surface area (Å²) in [4.78, 5) is 0. The van der Waals surface area contributed by atoms with Crippen LogP contribution in [0.5, 0.6) is 0 Å². The first kappa shape index (κ1) is 13.7. The lowest BCUT2D eigenvalue weighted by atomic mass is 10.0. The van der Waals surface area contributed by atoms with Gasteiger partial charge in [-0.15, -0.1) is 0 Å². The molecule has 0 spiro atoms. The van der Waals surface area contributed by atoms with E-state index in [0.717, 1.165) is 22.6 Å². The first-order valence-corrected chi connectivity index (χ1v) is 6.58. The number of nitrogens with two attached hydrogens (primary N) is 1. The Morgan fingerprint density at radius 2 is 2.00 bits per heavy atom. The van der Waals surface area contributed by atoms with Gasteiger partial charge in [0.25, 0.3) is 0 Å². The van der Waals surface area contributed by atoms with Gasteiger partial charge in [0, 0.05) is 24.7 Å². The van der Waals surface area contributed by atoms with Crippen molar-refractivity contribution in [1.82, 2.24) is 20.0 Å². The summed E-state index contributed by atoms with van der Waals surface area (Å²) in [6, 6.07) is 4.31. The van der Waals surface area contributed by atoms with E-state index in [0.29, 0.717) is 12.5 Å². The van der Waals surface area contributed by atoms with Crippen LogP contribution in [0.4, 0.5) is 0 Å². The third-order valence-electron chi connectivity index (χ3n) is 3.16. The van der Waals surface area contributed by atoms with Gasteiger partial charge in [0.05, 0.1) is 17.1 Å². The number of aryl methyl sites for hydroxylation is 2. The minimum Gasteiger partial charge on any atom is -0.324 e. The van der Waals surface area contributed by atoms with E-state index >= 15 is 0 Å². The number of hydrogen-bond donors (Lipinski definition) is 1. The maximum atomic E-state index is 6.27. The predicted octanol–water partition coefficient (Wildman–Crippen LogP) is 2.11. The summed E-state index contributed by atoms with van der Waals surface area (Å²) >= 11 is 0. The Hall–Kier alpha value is -1.75. The molecule has 1 unspecified atom stereocenters. The van der Waals surface area contributed by atoms with E-state index in [-0.39, 0.29) is 6.04 Å². The molecule has 5 heteroatoms. The lowest BCUT2D eigenvalue weighted by Gasteiger charge is -2.13. The third-order valence-corrected chi connectivity index (χ3v) is 3.16. The molecule has 0 amide bonds. The van der Waals surface area contributed by atoms with Crippen LogP contribution in [0.3, 0.4) is 0 Å². The first-order valence-electron chi connectivity index (χ1n) is 6.58. The molecule has 1 atom stereocenters. The van der Waals surface area contributed by atoms with E-state index in [9.17, 15) is 0 Å². The van der Waals surface area contributed by atoms with Gasteiger partial charge in [-0.3, -0.25) is 4.68 Å². The highest BCUT2D eigenvalue weighted by Gasteiger charge is 2.13. The number of nitrogens with zero attached hydrogens (tertiary/aromatic N) is 4. The monoisotopic (exact) mass is 259 g/mol. The van der Waals surface area contributed by atoms with E-state index < -0.39 is 0 Å². The van der Waals surface area contributed by atoms with Gasteiger partial charge in [-0.05, 0) is 45.4 Å². The summed E-state index contributed by atoms with van der Waals surface area (Å²) < 4.78 is 1.95. The molecule has 0 fully saturated rings. The average Bonchev–Trinajstić information content (AvgIpc) is 2.80. The van der Waals surface area contributed by atoms with Gasteiger partial charge >= 0.3 is 0 Å². The Bertz CT molecular complexity index is 559. The van der Waals surface area contributed by atoms with Crippen molar-refractivity contribution >= 4 is 0 Å². The standard InChI is InChI=1S/C14H21N5/c1-9(2)19-6-5-12(18-19)8-14(15)13-7-10(3)16-17-11(13)4/h5-7,9,14H,8,15H2,1-4H3. The number of rotatable bonds is 4. The molecule has 0 saturated heterocycles. The van der Waals surface area contributed by atoms with Crippen LogP contribution in [-0.4, -0.2) is 20.0 Å². The van der Waals surface area contributed by atoms with Crippen LogP contribution in [-0.2, 0) is 6.42 Å². The fraction of sp³-hybridized carbons (Fsp3) is 0.500. The smallest absolute Gasteiger partial charge is 0.0648 e. The van der Waals surface area contributed by atoms with Crippen LogP contribution in [0.15, 0.2) is 18.3 Å². The molecule has 0 saturated carbocycles. The van der Waals surface area contributed by atoms with Crippen molar-refractivity contribution in [3.63, 3.8) is 0 Å². The molecule has 102 valence electrons. The molecule has 0 aliphatic heterocycles. The van der Waals surface area contributed by atoms with Gasteiger partial charge in [-0.25, -0.2) is 0 Å². The molecule has 2 heterocycles. The van der Waals surface area contributed by atoms with Crippen LogP contribution in [0.2, 0.25) is 0 Å². The van der Waals surface area contributed by atoms with E-state index in [1.54, 1.807) is 0 Å². The molecule has 0 aromatic carbocycles. The van der Waals surface area contributed by atoms with E-state index in [4.69, 9.17) is 5.73 Å². The van der Waals surface area contributed by atoms with Crippen molar-refractivity contribution in [2.24, 2.45) is 5.73 Å². The maximum Gasteiger partial charge on any atom is 0.0648 e. The topological polar surface area (TPSA) is 69.6 Å². The van der Waals surface area contributed by atoms with Crippen molar-refractivity contribution in [2.75, 3.05) is 0 Å². The Labute approximate surface area is 113 Å². The summed E-state index contributed by atoms with van der Waals surface area (Å²) in [6.07, 6.45) is 2.71. The SMILES string of the molecule is Cc1cc(C(N)Cc2ccn(C(C)C)n2)c(C)nn1. The minimum atomic E-state index is -0.0929. The van der Waals surface area contributed by atoms with E-state index in [2.05, 4.69) is 29.1 Å². The molecule has 2 rings (SSSR count). The molecule has 0 aliphatic carbocycles. The van der Waals surface area contributed by atoms with Crippen LogP contribution >= 0.6 is 0 Å². The molecule has 2 aromatic heterocycles. The van der Waals surface area contributed by atoms with E-state index in [1.807, 2.05) is 36.9 Å². The molecule has 5 nitrogen and oxygen atoms in total. The fourth-order valence-corrected chi connectivity index (χ4v) is 2.05. The lowest BCUT2D eigenvalue weighted by molar-refractivity contribution is 0.522. The number of aromatic nitrogens is 4. The maximum absolute atomic E-state index is 6.27. The van der Waals surface area contributed by atoms with Crippen LogP contribution in [0.25, 0.3) is 0 Å².